The average molecular weight is 316 g/mol. The predicted octanol–water partition coefficient (Wildman–Crippen LogP) is 1.74. The Balaban J connectivity index is 1.93. The molecule has 7 heteroatoms. The number of ether oxygens (including phenoxy) is 1. The van der Waals surface area contributed by atoms with E-state index in [9.17, 15) is 9.59 Å². The maximum atomic E-state index is 12.1. The average Bonchev–Trinajstić information content (AvgIpc) is 2.46. The number of halogens is 1. The number of hydrogen-bond acceptors (Lipinski definition) is 4. The lowest BCUT2D eigenvalue weighted by atomic mass is 10.2. The van der Waals surface area contributed by atoms with Gasteiger partial charge in [-0.05, 0) is 24.3 Å². The number of amides is 1. The normalized spacial score (nSPS) is 18.9. The molecule has 0 aliphatic carbocycles. The Morgan fingerprint density at radius 1 is 1.40 bits per heavy atom. The summed E-state index contributed by atoms with van der Waals surface area (Å²) in [6.07, 6.45) is 0. The maximum Gasteiger partial charge on any atom is 0.328 e. The van der Waals surface area contributed by atoms with Crippen LogP contribution in [0.5, 0.6) is 0 Å². The van der Waals surface area contributed by atoms with E-state index in [1.54, 1.807) is 12.1 Å². The summed E-state index contributed by atoms with van der Waals surface area (Å²) in [5.74, 6) is -1.03. The molecular weight excluding hydrogens is 302 g/mol. The number of carboxylic acid groups (broad SMARTS) is 1. The zero-order valence-corrected chi connectivity index (χ0v) is 12.2. The van der Waals surface area contributed by atoms with Gasteiger partial charge in [0.2, 0.25) is 5.91 Å². The summed E-state index contributed by atoms with van der Waals surface area (Å²) in [6.45, 7) is 0.741. The van der Waals surface area contributed by atoms with Gasteiger partial charge in [0.05, 0.1) is 19.0 Å². The number of rotatable bonds is 4. The summed E-state index contributed by atoms with van der Waals surface area (Å²) in [5.41, 5.74) is 0. The number of carbonyl (C=O) groups excluding carboxylic acids is 1. The number of nitrogens with zero attached hydrogens (tertiary/aromatic N) is 1. The lowest BCUT2D eigenvalue weighted by molar-refractivity contribution is -0.157. The summed E-state index contributed by atoms with van der Waals surface area (Å²) in [5, 5.41) is 9.72. The number of hydrogen-bond donors (Lipinski definition) is 1. The SMILES string of the molecule is O=C(O)C1COCCN1C(=O)CSc1ccc(Cl)cc1. The Hall–Kier alpha value is -1.24. The Morgan fingerprint density at radius 2 is 2.10 bits per heavy atom. The first-order chi connectivity index (χ1) is 9.58. The lowest BCUT2D eigenvalue weighted by Crippen LogP contribution is -2.53. The molecule has 1 fully saturated rings. The van der Waals surface area contributed by atoms with Crippen molar-refractivity contribution >= 4 is 35.2 Å². The molecule has 1 aliphatic heterocycles. The Bertz CT molecular complexity index is 494. The number of carboxylic acids is 1. The van der Waals surface area contributed by atoms with E-state index in [0.717, 1.165) is 4.90 Å². The number of benzene rings is 1. The monoisotopic (exact) mass is 315 g/mol. The maximum absolute atomic E-state index is 12.1. The van der Waals surface area contributed by atoms with Crippen molar-refractivity contribution in [3.8, 4) is 0 Å². The van der Waals surface area contributed by atoms with Crippen LogP contribution < -0.4 is 0 Å². The molecular formula is C13H14ClNO4S. The second-order valence-electron chi connectivity index (χ2n) is 4.26. The number of carbonyl (C=O) groups is 2. The van der Waals surface area contributed by atoms with Gasteiger partial charge in [-0.2, -0.15) is 0 Å². The van der Waals surface area contributed by atoms with Gasteiger partial charge in [0.25, 0.3) is 0 Å². The molecule has 108 valence electrons. The molecule has 1 amide bonds. The third-order valence-electron chi connectivity index (χ3n) is 2.91. The van der Waals surface area contributed by atoms with Crippen molar-refractivity contribution in [2.45, 2.75) is 10.9 Å². The minimum Gasteiger partial charge on any atom is -0.480 e. The molecule has 1 atom stereocenters. The third-order valence-corrected chi connectivity index (χ3v) is 4.16. The molecule has 1 aromatic rings. The molecule has 20 heavy (non-hydrogen) atoms. The van der Waals surface area contributed by atoms with Crippen LogP contribution in [-0.4, -0.2) is 53.4 Å². The van der Waals surface area contributed by atoms with E-state index in [4.69, 9.17) is 21.4 Å². The van der Waals surface area contributed by atoms with E-state index in [2.05, 4.69) is 0 Å². The minimum absolute atomic E-state index is 0.0483. The van der Waals surface area contributed by atoms with Crippen molar-refractivity contribution in [3.63, 3.8) is 0 Å². The zero-order chi connectivity index (χ0) is 14.5. The van der Waals surface area contributed by atoms with Gasteiger partial charge in [-0.3, -0.25) is 4.79 Å². The van der Waals surface area contributed by atoms with E-state index < -0.39 is 12.0 Å². The molecule has 0 bridgehead atoms. The molecule has 0 aromatic heterocycles. The number of thioether (sulfide) groups is 1. The first-order valence-electron chi connectivity index (χ1n) is 6.06. The van der Waals surface area contributed by atoms with Gasteiger partial charge in [0.1, 0.15) is 0 Å². The van der Waals surface area contributed by atoms with E-state index in [0.29, 0.717) is 18.2 Å². The summed E-state index contributed by atoms with van der Waals surface area (Å²) in [7, 11) is 0. The topological polar surface area (TPSA) is 66.8 Å². The van der Waals surface area contributed by atoms with Crippen LogP contribution in [0.2, 0.25) is 5.02 Å². The molecule has 1 heterocycles. The van der Waals surface area contributed by atoms with Gasteiger partial charge < -0.3 is 14.7 Å². The van der Waals surface area contributed by atoms with Crippen molar-refractivity contribution in [2.24, 2.45) is 0 Å². The van der Waals surface area contributed by atoms with Crippen LogP contribution in [0, 0.1) is 0 Å². The fourth-order valence-corrected chi connectivity index (χ4v) is 2.78. The summed E-state index contributed by atoms with van der Waals surface area (Å²) in [6, 6.07) is 6.27. The smallest absolute Gasteiger partial charge is 0.328 e. The largest absolute Gasteiger partial charge is 0.480 e. The number of aliphatic carboxylic acids is 1. The highest BCUT2D eigenvalue weighted by Crippen LogP contribution is 2.21. The first kappa shape index (κ1) is 15.2. The first-order valence-corrected chi connectivity index (χ1v) is 7.42. The van der Waals surface area contributed by atoms with Crippen LogP contribution in [0.25, 0.3) is 0 Å². The molecule has 1 unspecified atom stereocenters. The van der Waals surface area contributed by atoms with E-state index in [1.165, 1.54) is 16.7 Å². The summed E-state index contributed by atoms with van der Waals surface area (Å²) >= 11 is 7.15. The van der Waals surface area contributed by atoms with Crippen molar-refractivity contribution in [2.75, 3.05) is 25.5 Å². The van der Waals surface area contributed by atoms with Crippen molar-refractivity contribution in [1.82, 2.24) is 4.90 Å². The zero-order valence-electron chi connectivity index (χ0n) is 10.6. The molecule has 5 nitrogen and oxygen atoms in total. The molecule has 1 aromatic carbocycles. The molecule has 0 saturated carbocycles. The van der Waals surface area contributed by atoms with Crippen molar-refractivity contribution in [3.05, 3.63) is 29.3 Å². The van der Waals surface area contributed by atoms with Gasteiger partial charge >= 0.3 is 5.97 Å². The van der Waals surface area contributed by atoms with Crippen LogP contribution in [-0.2, 0) is 14.3 Å². The minimum atomic E-state index is -1.03. The van der Waals surface area contributed by atoms with Crippen LogP contribution in [0.4, 0.5) is 0 Å². The summed E-state index contributed by atoms with van der Waals surface area (Å²) < 4.78 is 5.10. The van der Waals surface area contributed by atoms with Crippen LogP contribution in [0.3, 0.4) is 0 Å². The standard InChI is InChI=1S/C13H14ClNO4S/c14-9-1-3-10(4-2-9)20-8-12(16)15-5-6-19-7-11(15)13(17)18/h1-4,11H,5-8H2,(H,17,18). The molecule has 1 saturated heterocycles. The third kappa shape index (κ3) is 3.88. The van der Waals surface area contributed by atoms with Crippen molar-refractivity contribution < 1.29 is 19.4 Å². The van der Waals surface area contributed by atoms with Gasteiger partial charge in [0.15, 0.2) is 6.04 Å². The molecule has 1 aliphatic rings. The highest BCUT2D eigenvalue weighted by Gasteiger charge is 2.32. The van der Waals surface area contributed by atoms with E-state index in [1.807, 2.05) is 12.1 Å². The molecule has 0 spiro atoms. The highest BCUT2D eigenvalue weighted by molar-refractivity contribution is 8.00. The lowest BCUT2D eigenvalue weighted by Gasteiger charge is -2.32. The van der Waals surface area contributed by atoms with E-state index >= 15 is 0 Å². The predicted molar refractivity (Wildman–Crippen MR) is 76.1 cm³/mol. The highest BCUT2D eigenvalue weighted by atomic mass is 35.5. The Kier molecular flexibility index (Phi) is 5.28. The fraction of sp³-hybridized carbons (Fsp3) is 0.385. The van der Waals surface area contributed by atoms with Crippen LogP contribution in [0.1, 0.15) is 0 Å². The van der Waals surface area contributed by atoms with Crippen molar-refractivity contribution in [1.29, 1.82) is 0 Å². The second-order valence-corrected chi connectivity index (χ2v) is 5.74. The molecule has 2 rings (SSSR count). The molecule has 1 N–H and O–H groups in total. The quantitative estimate of drug-likeness (QED) is 0.857. The Labute approximate surface area is 125 Å². The number of morpholine rings is 1. The van der Waals surface area contributed by atoms with E-state index in [-0.39, 0.29) is 18.3 Å². The van der Waals surface area contributed by atoms with Crippen LogP contribution in [0.15, 0.2) is 29.2 Å². The van der Waals surface area contributed by atoms with Gasteiger partial charge in [0, 0.05) is 16.5 Å². The van der Waals surface area contributed by atoms with Gasteiger partial charge in [-0.25, -0.2) is 4.79 Å². The van der Waals surface area contributed by atoms with Crippen LogP contribution >= 0.6 is 23.4 Å². The molecule has 0 radical (unpaired) electrons. The van der Waals surface area contributed by atoms with Gasteiger partial charge in [-0.1, -0.05) is 11.6 Å². The van der Waals surface area contributed by atoms with Gasteiger partial charge in [-0.15, -0.1) is 11.8 Å². The summed E-state index contributed by atoms with van der Waals surface area (Å²) in [4.78, 5) is 25.5. The second kappa shape index (κ2) is 6.97. The Morgan fingerprint density at radius 3 is 2.75 bits per heavy atom. The fourth-order valence-electron chi connectivity index (χ4n) is 1.87.